The van der Waals surface area contributed by atoms with Crippen LogP contribution in [0.2, 0.25) is 0 Å². The van der Waals surface area contributed by atoms with Crippen LogP contribution in [0.1, 0.15) is 30.2 Å². The van der Waals surface area contributed by atoms with Gasteiger partial charge in [0.15, 0.2) is 0 Å². The third kappa shape index (κ3) is 4.41. The van der Waals surface area contributed by atoms with Crippen molar-refractivity contribution < 1.29 is 9.90 Å². The zero-order valence-corrected chi connectivity index (χ0v) is 12.7. The maximum Gasteiger partial charge on any atom is 0.231 e. The van der Waals surface area contributed by atoms with E-state index in [-0.39, 0.29) is 12.6 Å². The SMILES string of the molecule is C[C@H](c1ccccc1)N(CC(N)=O)CC(O)c1ccccc1. The number of carbonyl (C=O) groups is 1. The molecule has 0 aliphatic heterocycles. The summed E-state index contributed by atoms with van der Waals surface area (Å²) in [5.41, 5.74) is 7.28. The Morgan fingerprint density at radius 1 is 1.05 bits per heavy atom. The van der Waals surface area contributed by atoms with Crippen LogP contribution in [-0.2, 0) is 4.79 Å². The van der Waals surface area contributed by atoms with Gasteiger partial charge in [-0.1, -0.05) is 60.7 Å². The van der Waals surface area contributed by atoms with E-state index in [2.05, 4.69) is 0 Å². The second-order valence-corrected chi connectivity index (χ2v) is 5.41. The Balaban J connectivity index is 2.14. The van der Waals surface area contributed by atoms with Crippen LogP contribution in [0.3, 0.4) is 0 Å². The van der Waals surface area contributed by atoms with E-state index < -0.39 is 12.0 Å². The highest BCUT2D eigenvalue weighted by atomic mass is 16.3. The van der Waals surface area contributed by atoms with Crippen molar-refractivity contribution in [3.8, 4) is 0 Å². The van der Waals surface area contributed by atoms with Gasteiger partial charge in [0, 0.05) is 12.6 Å². The first-order valence-electron chi connectivity index (χ1n) is 7.38. The van der Waals surface area contributed by atoms with Crippen LogP contribution >= 0.6 is 0 Å². The first kappa shape index (κ1) is 16.2. The van der Waals surface area contributed by atoms with E-state index in [0.717, 1.165) is 11.1 Å². The Bertz CT molecular complexity index is 587. The van der Waals surface area contributed by atoms with E-state index in [0.29, 0.717) is 6.54 Å². The summed E-state index contributed by atoms with van der Waals surface area (Å²) >= 11 is 0. The van der Waals surface area contributed by atoms with Gasteiger partial charge in [0.05, 0.1) is 12.6 Å². The molecular weight excluding hydrogens is 276 g/mol. The molecule has 1 amide bonds. The molecule has 0 aliphatic carbocycles. The molecule has 0 fully saturated rings. The number of amides is 1. The third-order valence-electron chi connectivity index (χ3n) is 3.78. The van der Waals surface area contributed by atoms with Crippen LogP contribution in [0.4, 0.5) is 0 Å². The number of hydrogen-bond acceptors (Lipinski definition) is 3. The standard InChI is InChI=1S/C18H22N2O2/c1-14(15-8-4-2-5-9-15)20(13-18(19)22)12-17(21)16-10-6-3-7-11-16/h2-11,14,17,21H,12-13H2,1H3,(H2,19,22)/t14-,17?/m1/s1. The molecule has 1 unspecified atom stereocenters. The second kappa shape index (κ2) is 7.73. The Morgan fingerprint density at radius 2 is 1.55 bits per heavy atom. The monoisotopic (exact) mass is 298 g/mol. The van der Waals surface area contributed by atoms with Gasteiger partial charge in [-0.3, -0.25) is 9.69 Å². The van der Waals surface area contributed by atoms with Gasteiger partial charge in [-0.05, 0) is 18.1 Å². The molecule has 0 bridgehead atoms. The van der Waals surface area contributed by atoms with Crippen molar-refractivity contribution in [3.05, 3.63) is 71.8 Å². The van der Waals surface area contributed by atoms with Crippen molar-refractivity contribution in [1.29, 1.82) is 0 Å². The number of hydrogen-bond donors (Lipinski definition) is 2. The zero-order chi connectivity index (χ0) is 15.9. The summed E-state index contributed by atoms with van der Waals surface area (Å²) in [4.78, 5) is 13.3. The zero-order valence-electron chi connectivity index (χ0n) is 12.7. The first-order valence-corrected chi connectivity index (χ1v) is 7.38. The minimum absolute atomic E-state index is 0.00735. The average Bonchev–Trinajstić information content (AvgIpc) is 2.54. The van der Waals surface area contributed by atoms with Crippen LogP contribution in [0.5, 0.6) is 0 Å². The molecule has 0 saturated carbocycles. The van der Waals surface area contributed by atoms with Crippen molar-refractivity contribution in [2.75, 3.05) is 13.1 Å². The maximum absolute atomic E-state index is 11.4. The van der Waals surface area contributed by atoms with Crippen LogP contribution < -0.4 is 5.73 Å². The Hall–Kier alpha value is -2.17. The normalized spacial score (nSPS) is 13.8. The van der Waals surface area contributed by atoms with E-state index in [1.165, 1.54) is 0 Å². The molecule has 4 nitrogen and oxygen atoms in total. The fourth-order valence-corrected chi connectivity index (χ4v) is 2.50. The van der Waals surface area contributed by atoms with Gasteiger partial charge >= 0.3 is 0 Å². The van der Waals surface area contributed by atoms with Gasteiger partial charge in [0.25, 0.3) is 0 Å². The van der Waals surface area contributed by atoms with Crippen molar-refractivity contribution in [3.63, 3.8) is 0 Å². The lowest BCUT2D eigenvalue weighted by molar-refractivity contribution is -0.120. The molecule has 0 saturated heterocycles. The summed E-state index contributed by atoms with van der Waals surface area (Å²) in [5, 5.41) is 10.4. The van der Waals surface area contributed by atoms with Crippen LogP contribution in [0.25, 0.3) is 0 Å². The van der Waals surface area contributed by atoms with Gasteiger partial charge in [-0.25, -0.2) is 0 Å². The Morgan fingerprint density at radius 3 is 2.05 bits per heavy atom. The molecule has 0 aliphatic rings. The molecular formula is C18H22N2O2. The smallest absolute Gasteiger partial charge is 0.231 e. The number of rotatable bonds is 7. The van der Waals surface area contributed by atoms with Gasteiger partial charge in [0.1, 0.15) is 0 Å². The molecule has 4 heteroatoms. The third-order valence-corrected chi connectivity index (χ3v) is 3.78. The first-order chi connectivity index (χ1) is 10.6. The minimum atomic E-state index is -0.660. The number of carbonyl (C=O) groups excluding carboxylic acids is 1. The number of nitrogens with two attached hydrogens (primary N) is 1. The Labute approximate surface area is 131 Å². The van der Waals surface area contributed by atoms with Crippen LogP contribution in [0, 0.1) is 0 Å². The van der Waals surface area contributed by atoms with E-state index in [4.69, 9.17) is 5.73 Å². The van der Waals surface area contributed by atoms with Crippen molar-refractivity contribution in [2.45, 2.75) is 19.1 Å². The molecule has 0 aromatic heterocycles. The van der Waals surface area contributed by atoms with Gasteiger partial charge in [-0.15, -0.1) is 0 Å². The molecule has 0 heterocycles. The second-order valence-electron chi connectivity index (χ2n) is 5.41. The molecule has 2 rings (SSSR count). The van der Waals surface area contributed by atoms with Crippen LogP contribution in [-0.4, -0.2) is 29.0 Å². The highest BCUT2D eigenvalue weighted by molar-refractivity contribution is 5.76. The summed E-state index contributed by atoms with van der Waals surface area (Å²) in [7, 11) is 0. The maximum atomic E-state index is 11.4. The highest BCUT2D eigenvalue weighted by Crippen LogP contribution is 2.23. The molecule has 2 atom stereocenters. The van der Waals surface area contributed by atoms with Crippen molar-refractivity contribution >= 4 is 5.91 Å². The number of primary amides is 1. The molecule has 2 aromatic carbocycles. The van der Waals surface area contributed by atoms with Crippen molar-refractivity contribution in [1.82, 2.24) is 4.90 Å². The number of benzene rings is 2. The van der Waals surface area contributed by atoms with Gasteiger partial charge in [-0.2, -0.15) is 0 Å². The van der Waals surface area contributed by atoms with Crippen molar-refractivity contribution in [2.24, 2.45) is 5.73 Å². The van der Waals surface area contributed by atoms with E-state index in [1.807, 2.05) is 72.5 Å². The van der Waals surface area contributed by atoms with Crippen LogP contribution in [0.15, 0.2) is 60.7 Å². The summed E-state index contributed by atoms with van der Waals surface area (Å²) in [6.45, 7) is 2.47. The summed E-state index contributed by atoms with van der Waals surface area (Å²) in [5.74, 6) is -0.400. The fourth-order valence-electron chi connectivity index (χ4n) is 2.50. The number of aliphatic hydroxyl groups is 1. The summed E-state index contributed by atoms with van der Waals surface area (Å²) in [6.07, 6.45) is -0.660. The molecule has 0 radical (unpaired) electrons. The topological polar surface area (TPSA) is 66.6 Å². The van der Waals surface area contributed by atoms with E-state index >= 15 is 0 Å². The van der Waals surface area contributed by atoms with E-state index in [9.17, 15) is 9.90 Å². The van der Waals surface area contributed by atoms with Gasteiger partial charge in [0.2, 0.25) is 5.91 Å². The molecule has 3 N–H and O–H groups in total. The molecule has 116 valence electrons. The minimum Gasteiger partial charge on any atom is -0.387 e. The number of nitrogens with zero attached hydrogens (tertiary/aromatic N) is 1. The summed E-state index contributed by atoms with van der Waals surface area (Å²) < 4.78 is 0. The molecule has 22 heavy (non-hydrogen) atoms. The van der Waals surface area contributed by atoms with Gasteiger partial charge < -0.3 is 10.8 Å². The quantitative estimate of drug-likeness (QED) is 0.824. The molecule has 2 aromatic rings. The number of aliphatic hydroxyl groups excluding tert-OH is 1. The Kier molecular flexibility index (Phi) is 5.69. The lowest BCUT2D eigenvalue weighted by Gasteiger charge is -2.30. The summed E-state index contributed by atoms with van der Waals surface area (Å²) in [6, 6.07) is 19.3. The average molecular weight is 298 g/mol. The predicted octanol–water partition coefficient (Wildman–Crippen LogP) is 2.27. The lowest BCUT2D eigenvalue weighted by atomic mass is 10.0. The molecule has 0 spiro atoms. The lowest BCUT2D eigenvalue weighted by Crippen LogP contribution is -2.38. The highest BCUT2D eigenvalue weighted by Gasteiger charge is 2.21. The largest absolute Gasteiger partial charge is 0.387 e. The van der Waals surface area contributed by atoms with E-state index in [1.54, 1.807) is 0 Å². The predicted molar refractivity (Wildman–Crippen MR) is 87.0 cm³/mol. The fraction of sp³-hybridized carbons (Fsp3) is 0.278.